The van der Waals surface area contributed by atoms with Crippen molar-refractivity contribution in [2.45, 2.75) is 71.8 Å². The molecule has 0 radical (unpaired) electrons. The first-order valence-electron chi connectivity index (χ1n) is 7.48. The summed E-state index contributed by atoms with van der Waals surface area (Å²) in [6.45, 7) is 6.95. The van der Waals surface area contributed by atoms with Gasteiger partial charge >= 0.3 is 0 Å². The monoisotopic (exact) mass is 249 g/mol. The number of aliphatic hydroxyl groups is 1. The van der Waals surface area contributed by atoms with E-state index in [0.29, 0.717) is 11.3 Å². The van der Waals surface area contributed by atoms with Crippen LogP contribution >= 0.6 is 0 Å². The van der Waals surface area contributed by atoms with Crippen LogP contribution in [-0.2, 0) is 0 Å². The third-order valence-electron chi connectivity index (χ3n) is 5.48. The van der Waals surface area contributed by atoms with E-state index in [1.54, 1.807) is 0 Å². The number of nitriles is 1. The molecule has 2 heteroatoms. The highest BCUT2D eigenvalue weighted by molar-refractivity contribution is 5.10. The Morgan fingerprint density at radius 2 is 1.72 bits per heavy atom. The average Bonchev–Trinajstić information content (AvgIpc) is 2.27. The number of nitrogens with zero attached hydrogens (tertiary/aromatic N) is 1. The molecule has 2 fully saturated rings. The predicted octanol–water partition coefficient (Wildman–Crippen LogP) is 3.89. The summed E-state index contributed by atoms with van der Waals surface area (Å²) in [5.74, 6) is 1.14. The first kappa shape index (κ1) is 13.9. The second kappa shape index (κ2) is 4.85. The van der Waals surface area contributed by atoms with Gasteiger partial charge in [-0.25, -0.2) is 0 Å². The minimum atomic E-state index is -0.390. The molecule has 0 saturated heterocycles. The van der Waals surface area contributed by atoms with Gasteiger partial charge in [-0.1, -0.05) is 27.2 Å². The quantitative estimate of drug-likeness (QED) is 0.806. The Labute approximate surface area is 111 Å². The summed E-state index contributed by atoms with van der Waals surface area (Å²) in [4.78, 5) is 0. The highest BCUT2D eigenvalue weighted by Gasteiger charge is 2.47. The fourth-order valence-electron chi connectivity index (χ4n) is 3.78. The van der Waals surface area contributed by atoms with E-state index in [1.165, 1.54) is 12.8 Å². The van der Waals surface area contributed by atoms with Gasteiger partial charge in [0.05, 0.1) is 17.6 Å². The summed E-state index contributed by atoms with van der Waals surface area (Å²) in [7, 11) is 0. The van der Waals surface area contributed by atoms with Gasteiger partial charge in [0.15, 0.2) is 0 Å². The maximum Gasteiger partial charge on any atom is 0.0835 e. The van der Waals surface area contributed by atoms with Crippen LogP contribution in [0.2, 0.25) is 0 Å². The average molecular weight is 249 g/mol. The van der Waals surface area contributed by atoms with Crippen LogP contribution in [0.5, 0.6) is 0 Å². The molecule has 18 heavy (non-hydrogen) atoms. The second-order valence-corrected chi connectivity index (χ2v) is 7.54. The first-order valence-corrected chi connectivity index (χ1v) is 7.48. The van der Waals surface area contributed by atoms with E-state index in [-0.39, 0.29) is 11.5 Å². The van der Waals surface area contributed by atoms with Crippen molar-refractivity contribution in [2.24, 2.45) is 22.7 Å². The fourth-order valence-corrected chi connectivity index (χ4v) is 3.78. The topological polar surface area (TPSA) is 44.0 Å². The molecule has 2 aliphatic rings. The lowest BCUT2D eigenvalue weighted by atomic mass is 9.60. The molecule has 1 unspecified atom stereocenters. The normalized spacial score (nSPS) is 33.3. The van der Waals surface area contributed by atoms with E-state index in [9.17, 15) is 10.4 Å². The zero-order chi connectivity index (χ0) is 13.4. The summed E-state index contributed by atoms with van der Waals surface area (Å²) in [6, 6.07) is 2.40. The lowest BCUT2D eigenvalue weighted by molar-refractivity contribution is -0.0493. The Kier molecular flexibility index (Phi) is 3.74. The van der Waals surface area contributed by atoms with Gasteiger partial charge in [-0.05, 0) is 55.8 Å². The Balaban J connectivity index is 1.92. The van der Waals surface area contributed by atoms with Gasteiger partial charge < -0.3 is 5.11 Å². The smallest absolute Gasteiger partial charge is 0.0835 e. The molecule has 0 heterocycles. The standard InChI is InChI=1S/C16H27NO/c1-15(2,3)13-7-5-12(6-8-13)14(18)16(11-17)9-4-10-16/h12-14,18H,4-10H2,1-3H3. The molecule has 0 bridgehead atoms. The Bertz CT molecular complexity index is 324. The molecule has 1 atom stereocenters. The van der Waals surface area contributed by atoms with Crippen LogP contribution in [0.15, 0.2) is 0 Å². The molecule has 2 nitrogen and oxygen atoms in total. The fraction of sp³-hybridized carbons (Fsp3) is 0.938. The van der Waals surface area contributed by atoms with Gasteiger partial charge in [0.25, 0.3) is 0 Å². The van der Waals surface area contributed by atoms with Crippen LogP contribution in [0.1, 0.15) is 65.7 Å². The third-order valence-corrected chi connectivity index (χ3v) is 5.48. The molecule has 0 aromatic heterocycles. The summed E-state index contributed by atoms with van der Waals surface area (Å²) in [6.07, 6.45) is 7.19. The minimum Gasteiger partial charge on any atom is -0.391 e. The van der Waals surface area contributed by atoms with Crippen molar-refractivity contribution in [2.75, 3.05) is 0 Å². The molecule has 0 amide bonds. The van der Waals surface area contributed by atoms with E-state index in [1.807, 2.05) is 0 Å². The number of hydrogen-bond acceptors (Lipinski definition) is 2. The summed E-state index contributed by atoms with van der Waals surface area (Å²) >= 11 is 0. The molecule has 1 N–H and O–H groups in total. The molecule has 0 aromatic carbocycles. The van der Waals surface area contributed by atoms with Crippen molar-refractivity contribution < 1.29 is 5.11 Å². The van der Waals surface area contributed by atoms with E-state index in [4.69, 9.17) is 0 Å². The van der Waals surface area contributed by atoms with Gasteiger partial charge in [-0.2, -0.15) is 5.26 Å². The van der Waals surface area contributed by atoms with Crippen molar-refractivity contribution in [3.63, 3.8) is 0 Å². The van der Waals surface area contributed by atoms with E-state index >= 15 is 0 Å². The summed E-state index contributed by atoms with van der Waals surface area (Å²) < 4.78 is 0. The van der Waals surface area contributed by atoms with Gasteiger partial charge in [0.1, 0.15) is 0 Å². The maximum absolute atomic E-state index is 10.5. The minimum absolute atomic E-state index is 0.364. The first-order chi connectivity index (χ1) is 8.39. The Morgan fingerprint density at radius 1 is 1.17 bits per heavy atom. The summed E-state index contributed by atoms with van der Waals surface area (Å²) in [5.41, 5.74) is -0.00144. The molecule has 2 saturated carbocycles. The lowest BCUT2D eigenvalue weighted by Gasteiger charge is -2.45. The van der Waals surface area contributed by atoms with Crippen LogP contribution in [0, 0.1) is 34.0 Å². The van der Waals surface area contributed by atoms with Crippen molar-refractivity contribution in [1.82, 2.24) is 0 Å². The van der Waals surface area contributed by atoms with Crippen molar-refractivity contribution in [3.8, 4) is 6.07 Å². The van der Waals surface area contributed by atoms with E-state index in [0.717, 1.165) is 38.0 Å². The zero-order valence-electron chi connectivity index (χ0n) is 12.1. The SMILES string of the molecule is CC(C)(C)C1CCC(C(O)C2(C#N)CCC2)CC1. The predicted molar refractivity (Wildman–Crippen MR) is 72.8 cm³/mol. The van der Waals surface area contributed by atoms with Gasteiger partial charge in [0, 0.05) is 0 Å². The van der Waals surface area contributed by atoms with E-state index < -0.39 is 0 Å². The van der Waals surface area contributed by atoms with Crippen molar-refractivity contribution >= 4 is 0 Å². The highest BCUT2D eigenvalue weighted by atomic mass is 16.3. The molecule has 102 valence electrons. The molecular formula is C16H27NO. The molecule has 0 aromatic rings. The van der Waals surface area contributed by atoms with Crippen LogP contribution in [0.25, 0.3) is 0 Å². The second-order valence-electron chi connectivity index (χ2n) is 7.54. The number of hydrogen-bond donors (Lipinski definition) is 1. The van der Waals surface area contributed by atoms with E-state index in [2.05, 4.69) is 26.8 Å². The highest BCUT2D eigenvalue weighted by Crippen LogP contribution is 2.49. The third kappa shape index (κ3) is 2.43. The van der Waals surface area contributed by atoms with Gasteiger partial charge in [-0.3, -0.25) is 0 Å². The van der Waals surface area contributed by atoms with Crippen molar-refractivity contribution in [1.29, 1.82) is 5.26 Å². The molecule has 2 rings (SSSR count). The Morgan fingerprint density at radius 3 is 2.06 bits per heavy atom. The Hall–Kier alpha value is -0.550. The largest absolute Gasteiger partial charge is 0.391 e. The van der Waals surface area contributed by atoms with Crippen molar-refractivity contribution in [3.05, 3.63) is 0 Å². The number of aliphatic hydroxyl groups excluding tert-OH is 1. The summed E-state index contributed by atoms with van der Waals surface area (Å²) in [5, 5.41) is 19.8. The molecule has 2 aliphatic carbocycles. The zero-order valence-corrected chi connectivity index (χ0v) is 12.1. The van der Waals surface area contributed by atoms with Crippen LogP contribution < -0.4 is 0 Å². The molecule has 0 spiro atoms. The molecular weight excluding hydrogens is 222 g/mol. The maximum atomic E-state index is 10.5. The molecule has 0 aliphatic heterocycles. The van der Waals surface area contributed by atoms with Crippen LogP contribution in [0.4, 0.5) is 0 Å². The number of rotatable bonds is 2. The van der Waals surface area contributed by atoms with Gasteiger partial charge in [0.2, 0.25) is 0 Å². The van der Waals surface area contributed by atoms with Crippen LogP contribution in [0.3, 0.4) is 0 Å². The lowest BCUT2D eigenvalue weighted by Crippen LogP contribution is -2.45. The van der Waals surface area contributed by atoms with Crippen LogP contribution in [-0.4, -0.2) is 11.2 Å². The van der Waals surface area contributed by atoms with Gasteiger partial charge in [-0.15, -0.1) is 0 Å².